The lowest BCUT2D eigenvalue weighted by atomic mass is 10.2. The summed E-state index contributed by atoms with van der Waals surface area (Å²) in [6, 6.07) is 8.54. The summed E-state index contributed by atoms with van der Waals surface area (Å²) in [5.41, 5.74) is 2.37. The van der Waals surface area contributed by atoms with E-state index in [4.69, 9.17) is 4.74 Å². The Morgan fingerprint density at radius 3 is 2.96 bits per heavy atom. The largest absolute Gasteiger partial charge is 0.495 e. The fraction of sp³-hybridized carbons (Fsp3) is 0.474. The van der Waals surface area contributed by atoms with Crippen molar-refractivity contribution in [2.24, 2.45) is 12.0 Å². The molecule has 0 saturated carbocycles. The molecular weight excluding hydrogens is 328 g/mol. The molecule has 1 unspecified atom stereocenters. The molecule has 1 fully saturated rings. The number of aromatic nitrogens is 2. The van der Waals surface area contributed by atoms with E-state index in [-0.39, 0.29) is 0 Å². The van der Waals surface area contributed by atoms with Crippen LogP contribution in [0.1, 0.15) is 12.0 Å². The van der Waals surface area contributed by atoms with Crippen molar-refractivity contribution >= 4 is 11.6 Å². The molecule has 140 valence electrons. The lowest BCUT2D eigenvalue weighted by Gasteiger charge is -2.22. The van der Waals surface area contributed by atoms with E-state index in [1.165, 1.54) is 5.56 Å². The van der Waals surface area contributed by atoms with Crippen LogP contribution in [0.25, 0.3) is 0 Å². The third-order valence-electron chi connectivity index (χ3n) is 4.64. The van der Waals surface area contributed by atoms with E-state index in [1.807, 2.05) is 43.3 Å². The predicted octanol–water partition coefficient (Wildman–Crippen LogP) is 1.42. The van der Waals surface area contributed by atoms with Gasteiger partial charge in [-0.2, -0.15) is 5.10 Å². The van der Waals surface area contributed by atoms with Crippen molar-refractivity contribution < 1.29 is 4.74 Å². The summed E-state index contributed by atoms with van der Waals surface area (Å²) in [4.78, 5) is 6.71. The fourth-order valence-electron chi connectivity index (χ4n) is 3.30. The molecule has 0 spiro atoms. The average molecular weight is 356 g/mol. The number of nitrogens with zero attached hydrogens (tertiary/aromatic N) is 4. The third-order valence-corrected chi connectivity index (χ3v) is 4.64. The monoisotopic (exact) mass is 356 g/mol. The first-order valence-corrected chi connectivity index (χ1v) is 9.02. The smallest absolute Gasteiger partial charge is 0.191 e. The molecule has 7 heteroatoms. The van der Waals surface area contributed by atoms with Gasteiger partial charge in [-0.05, 0) is 30.5 Å². The van der Waals surface area contributed by atoms with Gasteiger partial charge < -0.3 is 20.3 Å². The van der Waals surface area contributed by atoms with E-state index in [9.17, 15) is 0 Å². The van der Waals surface area contributed by atoms with E-state index in [0.29, 0.717) is 6.04 Å². The number of nitrogens with one attached hydrogen (secondary N) is 2. The Morgan fingerprint density at radius 1 is 1.38 bits per heavy atom. The maximum Gasteiger partial charge on any atom is 0.191 e. The van der Waals surface area contributed by atoms with Gasteiger partial charge >= 0.3 is 0 Å². The maximum absolute atomic E-state index is 5.49. The number of aryl methyl sites for hydroxylation is 1. The van der Waals surface area contributed by atoms with E-state index in [2.05, 4.69) is 37.8 Å². The van der Waals surface area contributed by atoms with Crippen LogP contribution in [-0.4, -0.2) is 55.6 Å². The fourth-order valence-corrected chi connectivity index (χ4v) is 3.30. The first kappa shape index (κ1) is 18.1. The number of rotatable bonds is 6. The van der Waals surface area contributed by atoms with Gasteiger partial charge in [0, 0.05) is 46.0 Å². The standard InChI is InChI=1S/C19H28N6O/c1-20-19(21-10-8-15-12-22-24(2)13-15)23-16-9-11-25(14-16)17-6-4-5-7-18(17)26-3/h4-7,12-13,16H,8-11,14H2,1-3H3,(H2,20,21,23). The summed E-state index contributed by atoms with van der Waals surface area (Å²) in [5, 5.41) is 11.1. The maximum atomic E-state index is 5.49. The van der Waals surface area contributed by atoms with Gasteiger partial charge in [0.2, 0.25) is 0 Å². The van der Waals surface area contributed by atoms with Gasteiger partial charge in [-0.1, -0.05) is 12.1 Å². The van der Waals surface area contributed by atoms with Gasteiger partial charge in [0.15, 0.2) is 5.96 Å². The molecule has 2 heterocycles. The van der Waals surface area contributed by atoms with Crippen molar-refractivity contribution in [3.8, 4) is 5.75 Å². The summed E-state index contributed by atoms with van der Waals surface area (Å²) in [7, 11) is 5.47. The van der Waals surface area contributed by atoms with Crippen molar-refractivity contribution in [2.45, 2.75) is 18.9 Å². The molecule has 3 rings (SSSR count). The number of hydrogen-bond acceptors (Lipinski definition) is 4. The van der Waals surface area contributed by atoms with Crippen LogP contribution in [0.5, 0.6) is 5.75 Å². The van der Waals surface area contributed by atoms with Crippen LogP contribution < -0.4 is 20.3 Å². The molecule has 2 aromatic rings. The van der Waals surface area contributed by atoms with Crippen molar-refractivity contribution in [1.82, 2.24) is 20.4 Å². The molecule has 1 aromatic heterocycles. The van der Waals surface area contributed by atoms with Gasteiger partial charge in [-0.25, -0.2) is 0 Å². The third kappa shape index (κ3) is 4.47. The second kappa shape index (κ2) is 8.60. The second-order valence-electron chi connectivity index (χ2n) is 6.52. The van der Waals surface area contributed by atoms with Crippen LogP contribution >= 0.6 is 0 Å². The highest BCUT2D eigenvalue weighted by Crippen LogP contribution is 2.30. The minimum absolute atomic E-state index is 0.365. The first-order chi connectivity index (χ1) is 12.7. The normalized spacial score (nSPS) is 17.4. The number of methoxy groups -OCH3 is 1. The summed E-state index contributed by atoms with van der Waals surface area (Å²) in [6.45, 7) is 2.77. The van der Waals surface area contributed by atoms with Crippen LogP contribution in [0.4, 0.5) is 5.69 Å². The molecule has 0 amide bonds. The van der Waals surface area contributed by atoms with E-state index in [0.717, 1.165) is 49.9 Å². The quantitative estimate of drug-likeness (QED) is 0.605. The van der Waals surface area contributed by atoms with Gasteiger partial charge in [0.25, 0.3) is 0 Å². The molecule has 0 bridgehead atoms. The molecule has 1 aliphatic rings. The molecule has 7 nitrogen and oxygen atoms in total. The van der Waals surface area contributed by atoms with Gasteiger partial charge in [0.1, 0.15) is 5.75 Å². The van der Waals surface area contributed by atoms with Gasteiger partial charge in [-0.3, -0.25) is 9.67 Å². The first-order valence-electron chi connectivity index (χ1n) is 9.02. The van der Waals surface area contributed by atoms with Crippen LogP contribution in [-0.2, 0) is 13.5 Å². The minimum Gasteiger partial charge on any atom is -0.495 e. The van der Waals surface area contributed by atoms with Gasteiger partial charge in [-0.15, -0.1) is 0 Å². The highest BCUT2D eigenvalue weighted by molar-refractivity contribution is 5.80. The lowest BCUT2D eigenvalue weighted by molar-refractivity contribution is 0.415. The Hall–Kier alpha value is -2.70. The van der Waals surface area contributed by atoms with Crippen molar-refractivity contribution in [3.63, 3.8) is 0 Å². The van der Waals surface area contributed by atoms with Gasteiger partial charge in [0.05, 0.1) is 19.0 Å². The van der Waals surface area contributed by atoms with Crippen LogP contribution in [0.2, 0.25) is 0 Å². The molecule has 1 aromatic carbocycles. The molecule has 26 heavy (non-hydrogen) atoms. The Bertz CT molecular complexity index is 741. The number of ether oxygens (including phenoxy) is 1. The number of para-hydroxylation sites is 2. The second-order valence-corrected chi connectivity index (χ2v) is 6.52. The molecule has 1 atom stereocenters. The zero-order valence-electron chi connectivity index (χ0n) is 15.8. The van der Waals surface area contributed by atoms with Crippen LogP contribution in [0.15, 0.2) is 41.7 Å². The number of aliphatic imine (C=N–C) groups is 1. The Balaban J connectivity index is 1.49. The average Bonchev–Trinajstić information content (AvgIpc) is 3.29. The van der Waals surface area contributed by atoms with Crippen molar-refractivity contribution in [2.75, 3.05) is 38.7 Å². The zero-order valence-corrected chi connectivity index (χ0v) is 15.8. The topological polar surface area (TPSA) is 66.7 Å². The summed E-state index contributed by atoms with van der Waals surface area (Å²) >= 11 is 0. The Morgan fingerprint density at radius 2 is 2.23 bits per heavy atom. The summed E-state index contributed by atoms with van der Waals surface area (Å²) in [5.74, 6) is 1.77. The summed E-state index contributed by atoms with van der Waals surface area (Å²) < 4.78 is 7.31. The van der Waals surface area contributed by atoms with E-state index >= 15 is 0 Å². The van der Waals surface area contributed by atoms with Crippen molar-refractivity contribution in [3.05, 3.63) is 42.2 Å². The highest BCUT2D eigenvalue weighted by atomic mass is 16.5. The molecule has 0 radical (unpaired) electrons. The molecular formula is C19H28N6O. The Labute approximate surface area is 155 Å². The lowest BCUT2D eigenvalue weighted by Crippen LogP contribution is -2.45. The van der Waals surface area contributed by atoms with Crippen LogP contribution in [0.3, 0.4) is 0 Å². The van der Waals surface area contributed by atoms with Crippen LogP contribution in [0, 0.1) is 0 Å². The van der Waals surface area contributed by atoms with E-state index < -0.39 is 0 Å². The molecule has 1 aliphatic heterocycles. The number of guanidine groups is 1. The van der Waals surface area contributed by atoms with E-state index in [1.54, 1.807) is 7.11 Å². The number of benzene rings is 1. The molecule has 2 N–H and O–H groups in total. The molecule has 0 aliphatic carbocycles. The Kier molecular flexibility index (Phi) is 5.99. The zero-order chi connectivity index (χ0) is 18.4. The summed E-state index contributed by atoms with van der Waals surface area (Å²) in [6.07, 6.45) is 5.94. The number of anilines is 1. The number of hydrogen-bond donors (Lipinski definition) is 2. The minimum atomic E-state index is 0.365. The SMILES string of the molecule is CN=C(NCCc1cnn(C)c1)NC1CCN(c2ccccc2OC)C1. The molecule has 1 saturated heterocycles. The highest BCUT2D eigenvalue weighted by Gasteiger charge is 2.25. The predicted molar refractivity (Wildman–Crippen MR) is 105 cm³/mol. The van der Waals surface area contributed by atoms with Crippen molar-refractivity contribution in [1.29, 1.82) is 0 Å².